The van der Waals surface area contributed by atoms with Gasteiger partial charge in [0.15, 0.2) is 11.6 Å². The predicted octanol–water partition coefficient (Wildman–Crippen LogP) is 5.45. The highest BCUT2D eigenvalue weighted by Crippen LogP contribution is 2.48. The maximum absolute atomic E-state index is 14.6. The van der Waals surface area contributed by atoms with Crippen molar-refractivity contribution in [2.45, 2.75) is 38.4 Å². The maximum atomic E-state index is 14.6. The van der Waals surface area contributed by atoms with Crippen molar-refractivity contribution in [2.24, 2.45) is 11.7 Å². The topological polar surface area (TPSA) is 85.4 Å². The second-order valence-electron chi connectivity index (χ2n) is 9.20. The van der Waals surface area contributed by atoms with Gasteiger partial charge in [-0.05, 0) is 55.6 Å². The molecule has 0 bridgehead atoms. The van der Waals surface area contributed by atoms with Crippen molar-refractivity contribution in [1.29, 1.82) is 0 Å². The number of rotatable bonds is 9. The van der Waals surface area contributed by atoms with E-state index in [4.69, 9.17) is 10.5 Å². The quantitative estimate of drug-likeness (QED) is 0.343. The van der Waals surface area contributed by atoms with E-state index in [1.165, 1.54) is 41.4 Å². The van der Waals surface area contributed by atoms with Gasteiger partial charge in [0.05, 0.1) is 23.5 Å². The number of nitrogens with two attached hydrogens (primary N) is 1. The normalized spacial score (nSPS) is 16.0. The smallest absolute Gasteiger partial charge is 0.422 e. The Morgan fingerprint density at radius 2 is 1.92 bits per heavy atom. The third kappa shape index (κ3) is 7.02. The van der Waals surface area contributed by atoms with Crippen LogP contribution in [0.1, 0.15) is 24.1 Å². The van der Waals surface area contributed by atoms with E-state index in [-0.39, 0.29) is 54.8 Å². The Hall–Kier alpha value is -3.74. The summed E-state index contributed by atoms with van der Waals surface area (Å²) in [5.74, 6) is -2.61. The number of nitrogens with zero attached hydrogens (tertiary/aromatic N) is 3. The molecule has 210 valence electrons. The Labute approximate surface area is 220 Å². The van der Waals surface area contributed by atoms with Crippen molar-refractivity contribution in [3.63, 3.8) is 0 Å². The zero-order valence-corrected chi connectivity index (χ0v) is 20.7. The van der Waals surface area contributed by atoms with Crippen LogP contribution in [0.3, 0.4) is 0 Å². The van der Waals surface area contributed by atoms with Gasteiger partial charge in [-0.3, -0.25) is 9.48 Å². The number of hydrogen-bond donors (Lipinski definition) is 2. The Bertz CT molecular complexity index is 1300. The van der Waals surface area contributed by atoms with E-state index in [2.05, 4.69) is 10.4 Å². The standard InChI is InChI=1S/C26H27F6N5O2/c27-18-5-1-2-6-20(18)39-21-8-7-19(34-23(38)12-17-9-11-37(35-17)15-22(28)29)25(24(21)26(30,31)32)36-10-3-4-16(13-33)14-36/h1-2,5-9,11,16,22H,3-4,10,12-15,33H2,(H,34,38)/t16-/m0/s1. The lowest BCUT2D eigenvalue weighted by Gasteiger charge is -2.37. The minimum atomic E-state index is -4.93. The van der Waals surface area contributed by atoms with Crippen LogP contribution >= 0.6 is 0 Å². The summed E-state index contributed by atoms with van der Waals surface area (Å²) in [5, 5.41) is 6.42. The average molecular weight is 556 g/mol. The van der Waals surface area contributed by atoms with Gasteiger partial charge >= 0.3 is 6.18 Å². The number of carbonyl (C=O) groups excluding carboxylic acids is 1. The highest BCUT2D eigenvalue weighted by atomic mass is 19.4. The number of carbonyl (C=O) groups is 1. The zero-order valence-electron chi connectivity index (χ0n) is 20.7. The van der Waals surface area contributed by atoms with Gasteiger partial charge in [0.25, 0.3) is 6.43 Å². The number of para-hydroxylation sites is 1. The van der Waals surface area contributed by atoms with E-state index in [0.717, 1.165) is 23.2 Å². The van der Waals surface area contributed by atoms with Crippen molar-refractivity contribution in [3.05, 3.63) is 65.7 Å². The van der Waals surface area contributed by atoms with E-state index in [1.54, 1.807) is 0 Å². The molecule has 1 amide bonds. The highest BCUT2D eigenvalue weighted by molar-refractivity contribution is 5.96. The summed E-state index contributed by atoms with van der Waals surface area (Å²) in [6, 6.07) is 8.76. The van der Waals surface area contributed by atoms with Crippen molar-refractivity contribution in [2.75, 3.05) is 29.9 Å². The molecular formula is C26H27F6N5O2. The molecule has 1 saturated heterocycles. The van der Waals surface area contributed by atoms with Crippen LogP contribution in [-0.4, -0.2) is 41.7 Å². The summed E-state index contributed by atoms with van der Waals surface area (Å²) in [4.78, 5) is 14.3. The first-order valence-electron chi connectivity index (χ1n) is 12.3. The molecule has 0 spiro atoms. The lowest BCUT2D eigenvalue weighted by atomic mass is 9.96. The fraction of sp³-hybridized carbons (Fsp3) is 0.385. The summed E-state index contributed by atoms with van der Waals surface area (Å²) >= 11 is 0. The summed E-state index contributed by atoms with van der Waals surface area (Å²) in [6.07, 6.45) is -5.31. The Morgan fingerprint density at radius 1 is 1.15 bits per heavy atom. The lowest BCUT2D eigenvalue weighted by Crippen LogP contribution is -2.40. The number of hydrogen-bond acceptors (Lipinski definition) is 5. The van der Waals surface area contributed by atoms with Crippen LogP contribution in [0.5, 0.6) is 11.5 Å². The van der Waals surface area contributed by atoms with Gasteiger partial charge in [0.2, 0.25) is 5.91 Å². The predicted molar refractivity (Wildman–Crippen MR) is 132 cm³/mol. The molecule has 39 heavy (non-hydrogen) atoms. The minimum Gasteiger partial charge on any atom is -0.454 e. The molecule has 1 atom stereocenters. The van der Waals surface area contributed by atoms with Crippen LogP contribution in [0, 0.1) is 11.7 Å². The van der Waals surface area contributed by atoms with E-state index in [1.807, 2.05) is 0 Å². The number of alkyl halides is 5. The Morgan fingerprint density at radius 3 is 2.62 bits per heavy atom. The molecule has 2 heterocycles. The summed E-state index contributed by atoms with van der Waals surface area (Å²) in [5.41, 5.74) is 4.38. The summed E-state index contributed by atoms with van der Waals surface area (Å²) < 4.78 is 89.7. The SMILES string of the molecule is NC[C@@H]1CCCN(c2c(NC(=O)Cc3ccn(CC(F)F)n3)ccc(Oc3ccccc3F)c2C(F)(F)F)C1. The van der Waals surface area contributed by atoms with Gasteiger partial charge in [0.1, 0.15) is 17.9 Å². The molecule has 1 aliphatic heterocycles. The first-order valence-corrected chi connectivity index (χ1v) is 12.3. The third-order valence-electron chi connectivity index (χ3n) is 6.29. The van der Waals surface area contributed by atoms with E-state index < -0.39 is 42.2 Å². The first kappa shape index (κ1) is 28.3. The molecule has 0 radical (unpaired) electrons. The van der Waals surface area contributed by atoms with Gasteiger partial charge in [-0.2, -0.15) is 18.3 Å². The van der Waals surface area contributed by atoms with Crippen molar-refractivity contribution >= 4 is 17.3 Å². The number of anilines is 2. The molecule has 0 unspecified atom stereocenters. The van der Waals surface area contributed by atoms with Crippen LogP contribution in [0.4, 0.5) is 37.7 Å². The summed E-state index contributed by atoms with van der Waals surface area (Å²) in [6.45, 7) is 0.0982. The molecule has 7 nitrogen and oxygen atoms in total. The van der Waals surface area contributed by atoms with Gasteiger partial charge in [-0.15, -0.1) is 0 Å². The number of ether oxygens (including phenoxy) is 1. The molecule has 0 aliphatic carbocycles. The van der Waals surface area contributed by atoms with Gasteiger partial charge < -0.3 is 20.7 Å². The Balaban J connectivity index is 1.72. The van der Waals surface area contributed by atoms with Crippen LogP contribution in [0.2, 0.25) is 0 Å². The van der Waals surface area contributed by atoms with Gasteiger partial charge in [0, 0.05) is 19.3 Å². The fourth-order valence-electron chi connectivity index (χ4n) is 4.57. The number of benzene rings is 2. The average Bonchev–Trinajstić information content (AvgIpc) is 3.30. The molecular weight excluding hydrogens is 528 g/mol. The summed E-state index contributed by atoms with van der Waals surface area (Å²) in [7, 11) is 0. The Kier molecular flexibility index (Phi) is 8.68. The molecule has 1 aromatic heterocycles. The molecule has 2 aromatic carbocycles. The second-order valence-corrected chi connectivity index (χ2v) is 9.20. The lowest BCUT2D eigenvalue weighted by molar-refractivity contribution is -0.138. The zero-order chi connectivity index (χ0) is 28.2. The van der Waals surface area contributed by atoms with Crippen molar-refractivity contribution < 1.29 is 35.9 Å². The molecule has 0 saturated carbocycles. The van der Waals surface area contributed by atoms with Crippen molar-refractivity contribution in [3.8, 4) is 11.5 Å². The number of amides is 1. The molecule has 3 aromatic rings. The van der Waals surface area contributed by atoms with Crippen LogP contribution in [0.15, 0.2) is 48.7 Å². The molecule has 13 heteroatoms. The largest absolute Gasteiger partial charge is 0.454 e. The molecule has 3 N–H and O–H groups in total. The van der Waals surface area contributed by atoms with E-state index >= 15 is 0 Å². The number of halogens is 6. The highest BCUT2D eigenvalue weighted by Gasteiger charge is 2.41. The molecule has 1 fully saturated rings. The fourth-order valence-corrected chi connectivity index (χ4v) is 4.57. The minimum absolute atomic E-state index is 0.0710. The van der Waals surface area contributed by atoms with Gasteiger partial charge in [-0.25, -0.2) is 13.2 Å². The van der Waals surface area contributed by atoms with E-state index in [9.17, 15) is 31.1 Å². The first-order chi connectivity index (χ1) is 18.5. The molecule has 4 rings (SSSR count). The van der Waals surface area contributed by atoms with Crippen LogP contribution < -0.4 is 20.7 Å². The third-order valence-corrected chi connectivity index (χ3v) is 6.29. The van der Waals surface area contributed by atoms with E-state index in [0.29, 0.717) is 6.42 Å². The monoisotopic (exact) mass is 555 g/mol. The maximum Gasteiger partial charge on any atom is 0.422 e. The van der Waals surface area contributed by atoms with Crippen LogP contribution in [0.25, 0.3) is 0 Å². The van der Waals surface area contributed by atoms with Crippen LogP contribution in [-0.2, 0) is 23.9 Å². The number of nitrogens with one attached hydrogen (secondary N) is 1. The van der Waals surface area contributed by atoms with Gasteiger partial charge in [-0.1, -0.05) is 12.1 Å². The molecule has 1 aliphatic rings. The number of piperidine rings is 1. The number of aromatic nitrogens is 2. The second kappa shape index (κ2) is 12.0. The van der Waals surface area contributed by atoms with Crippen molar-refractivity contribution in [1.82, 2.24) is 9.78 Å².